The highest BCUT2D eigenvalue weighted by atomic mass is 79.9. The molecule has 0 spiro atoms. The van der Waals surface area contributed by atoms with Gasteiger partial charge in [0.25, 0.3) is 0 Å². The average molecular weight is 336 g/mol. The minimum atomic E-state index is -0.738. The van der Waals surface area contributed by atoms with Crippen LogP contribution in [0.5, 0.6) is 0 Å². The zero-order valence-corrected chi connectivity index (χ0v) is 13.3. The molecule has 1 N–H and O–H groups in total. The fourth-order valence-corrected chi connectivity index (χ4v) is 3.86. The minimum absolute atomic E-state index is 0.0848. The van der Waals surface area contributed by atoms with Crippen LogP contribution < -0.4 is 0 Å². The van der Waals surface area contributed by atoms with Gasteiger partial charge in [-0.3, -0.25) is 4.79 Å². The summed E-state index contributed by atoms with van der Waals surface area (Å²) in [4.78, 5) is 11.6. The Labute approximate surface area is 126 Å². The van der Waals surface area contributed by atoms with E-state index in [1.807, 2.05) is 19.9 Å². The number of aromatic nitrogens is 1. The van der Waals surface area contributed by atoms with Crippen molar-refractivity contribution in [3.8, 4) is 0 Å². The summed E-state index contributed by atoms with van der Waals surface area (Å²) in [6.45, 7) is 4.98. The summed E-state index contributed by atoms with van der Waals surface area (Å²) in [5, 5.41) is 10.6. The molecule has 106 valence electrons. The summed E-state index contributed by atoms with van der Waals surface area (Å²) in [6, 6.07) is 4.15. The third-order valence-corrected chi connectivity index (χ3v) is 4.79. The highest BCUT2D eigenvalue weighted by Gasteiger charge is 2.26. The molecule has 0 fully saturated rings. The topological polar surface area (TPSA) is 42.2 Å². The molecule has 0 aliphatic carbocycles. The zero-order chi connectivity index (χ0) is 14.4. The number of hydrogen-bond acceptors (Lipinski definition) is 1. The second-order valence-electron chi connectivity index (χ2n) is 5.91. The molecule has 0 saturated heterocycles. The standard InChI is InChI=1S/C16H18BrNO2/c1-9(2)14(16(19)20)11-6-10-4-3-5-18-8-13(17)12(7-11)15(10)18/h6-9,14H,3-5H2,1-2H3,(H,19,20). The number of rotatable bonds is 3. The molecule has 1 aromatic heterocycles. The summed E-state index contributed by atoms with van der Waals surface area (Å²) < 4.78 is 3.33. The SMILES string of the molecule is CC(C)C(C(=O)O)c1cc2c3c(c1)c(Br)cn3CCC2. The number of carboxylic acids is 1. The van der Waals surface area contributed by atoms with Gasteiger partial charge in [0, 0.05) is 22.6 Å². The van der Waals surface area contributed by atoms with Gasteiger partial charge in [0.1, 0.15) is 0 Å². The highest BCUT2D eigenvalue weighted by Crippen LogP contribution is 2.36. The van der Waals surface area contributed by atoms with Crippen LogP contribution in [-0.4, -0.2) is 15.6 Å². The van der Waals surface area contributed by atoms with E-state index in [4.69, 9.17) is 0 Å². The predicted octanol–water partition coefficient (Wildman–Crippen LogP) is 4.17. The van der Waals surface area contributed by atoms with E-state index in [-0.39, 0.29) is 5.92 Å². The van der Waals surface area contributed by atoms with Crippen LogP contribution in [0.1, 0.15) is 37.3 Å². The van der Waals surface area contributed by atoms with Crippen molar-refractivity contribution in [2.75, 3.05) is 0 Å². The minimum Gasteiger partial charge on any atom is -0.481 e. The Balaban J connectivity index is 2.24. The number of hydrogen-bond donors (Lipinski definition) is 1. The molecular formula is C16H18BrNO2. The monoisotopic (exact) mass is 335 g/mol. The summed E-state index contributed by atoms with van der Waals surface area (Å²) in [5.74, 6) is -1.09. The van der Waals surface area contributed by atoms with Gasteiger partial charge >= 0.3 is 5.97 Å². The maximum Gasteiger partial charge on any atom is 0.311 e. The molecule has 2 heterocycles. The lowest BCUT2D eigenvalue weighted by molar-refractivity contribution is -0.139. The van der Waals surface area contributed by atoms with Gasteiger partial charge in [0.05, 0.1) is 11.4 Å². The molecule has 0 bridgehead atoms. The lowest BCUT2D eigenvalue weighted by atomic mass is 9.86. The Morgan fingerprint density at radius 2 is 2.15 bits per heavy atom. The molecule has 1 aromatic carbocycles. The van der Waals surface area contributed by atoms with Gasteiger partial charge in [0.15, 0.2) is 0 Å². The van der Waals surface area contributed by atoms with Crippen LogP contribution in [0.4, 0.5) is 0 Å². The maximum atomic E-state index is 11.6. The Morgan fingerprint density at radius 3 is 2.80 bits per heavy atom. The largest absolute Gasteiger partial charge is 0.481 e. The number of carbonyl (C=O) groups is 1. The summed E-state index contributed by atoms with van der Waals surface area (Å²) in [7, 11) is 0. The van der Waals surface area contributed by atoms with E-state index in [0.29, 0.717) is 0 Å². The first kappa shape index (κ1) is 13.7. The summed E-state index contributed by atoms with van der Waals surface area (Å²) in [6.07, 6.45) is 4.26. The third kappa shape index (κ3) is 2.06. The van der Waals surface area contributed by atoms with Crippen LogP contribution in [0.3, 0.4) is 0 Å². The van der Waals surface area contributed by atoms with E-state index in [1.165, 1.54) is 11.1 Å². The third-order valence-electron chi connectivity index (χ3n) is 4.16. The van der Waals surface area contributed by atoms with Crippen LogP contribution in [-0.2, 0) is 17.8 Å². The number of carboxylic acid groups (broad SMARTS) is 1. The Kier molecular flexibility index (Phi) is 3.36. The number of nitrogens with zero attached hydrogens (tertiary/aromatic N) is 1. The first-order valence-electron chi connectivity index (χ1n) is 7.03. The van der Waals surface area contributed by atoms with Gasteiger partial charge in [-0.05, 0) is 51.9 Å². The van der Waals surface area contributed by atoms with E-state index in [0.717, 1.165) is 34.8 Å². The number of aliphatic carboxylic acids is 1. The van der Waals surface area contributed by atoms with Crippen molar-refractivity contribution >= 4 is 32.8 Å². The van der Waals surface area contributed by atoms with Crippen molar-refractivity contribution in [3.05, 3.63) is 33.9 Å². The van der Waals surface area contributed by atoms with E-state index >= 15 is 0 Å². The van der Waals surface area contributed by atoms with Crippen molar-refractivity contribution in [2.45, 2.75) is 39.2 Å². The molecule has 2 aromatic rings. The number of aryl methyl sites for hydroxylation is 2. The van der Waals surface area contributed by atoms with Crippen molar-refractivity contribution in [1.82, 2.24) is 4.57 Å². The van der Waals surface area contributed by atoms with Gasteiger partial charge in [-0.1, -0.05) is 19.9 Å². The van der Waals surface area contributed by atoms with Gasteiger partial charge in [-0.25, -0.2) is 0 Å². The molecule has 1 aliphatic rings. The molecule has 1 unspecified atom stereocenters. The number of halogens is 1. The quantitative estimate of drug-likeness (QED) is 0.914. The number of benzene rings is 1. The van der Waals surface area contributed by atoms with Crippen LogP contribution in [0.15, 0.2) is 22.8 Å². The molecule has 4 heteroatoms. The fraction of sp³-hybridized carbons (Fsp3) is 0.438. The maximum absolute atomic E-state index is 11.6. The van der Waals surface area contributed by atoms with Crippen LogP contribution in [0, 0.1) is 5.92 Å². The van der Waals surface area contributed by atoms with Gasteiger partial charge in [-0.15, -0.1) is 0 Å². The van der Waals surface area contributed by atoms with Crippen LogP contribution >= 0.6 is 15.9 Å². The van der Waals surface area contributed by atoms with E-state index in [9.17, 15) is 9.90 Å². The molecule has 20 heavy (non-hydrogen) atoms. The van der Waals surface area contributed by atoms with E-state index < -0.39 is 11.9 Å². The van der Waals surface area contributed by atoms with Crippen molar-refractivity contribution < 1.29 is 9.90 Å². The fourth-order valence-electron chi connectivity index (χ4n) is 3.31. The molecule has 1 atom stereocenters. The van der Waals surface area contributed by atoms with Crippen molar-refractivity contribution in [2.24, 2.45) is 5.92 Å². The molecule has 3 rings (SSSR count). The van der Waals surface area contributed by atoms with Gasteiger partial charge in [0.2, 0.25) is 0 Å². The first-order valence-corrected chi connectivity index (χ1v) is 7.82. The normalized spacial score (nSPS) is 15.8. The van der Waals surface area contributed by atoms with E-state index in [2.05, 4.69) is 32.8 Å². The Morgan fingerprint density at radius 1 is 1.40 bits per heavy atom. The van der Waals surface area contributed by atoms with Crippen LogP contribution in [0.2, 0.25) is 0 Å². The lowest BCUT2D eigenvalue weighted by Crippen LogP contribution is -2.18. The summed E-state index contributed by atoms with van der Waals surface area (Å²) >= 11 is 3.61. The van der Waals surface area contributed by atoms with Crippen molar-refractivity contribution in [3.63, 3.8) is 0 Å². The lowest BCUT2D eigenvalue weighted by Gasteiger charge is -2.21. The second-order valence-corrected chi connectivity index (χ2v) is 6.76. The molecule has 0 radical (unpaired) electrons. The molecular weight excluding hydrogens is 318 g/mol. The second kappa shape index (κ2) is 4.92. The molecule has 3 nitrogen and oxygen atoms in total. The summed E-state index contributed by atoms with van der Waals surface area (Å²) in [5.41, 5.74) is 3.47. The first-order chi connectivity index (χ1) is 9.49. The Hall–Kier alpha value is -1.29. The van der Waals surface area contributed by atoms with Gasteiger partial charge in [-0.2, -0.15) is 0 Å². The smallest absolute Gasteiger partial charge is 0.311 e. The molecule has 1 aliphatic heterocycles. The van der Waals surface area contributed by atoms with Crippen molar-refractivity contribution in [1.29, 1.82) is 0 Å². The van der Waals surface area contributed by atoms with E-state index in [1.54, 1.807) is 0 Å². The highest BCUT2D eigenvalue weighted by molar-refractivity contribution is 9.10. The average Bonchev–Trinajstić information content (AvgIpc) is 2.67. The zero-order valence-electron chi connectivity index (χ0n) is 11.7. The predicted molar refractivity (Wildman–Crippen MR) is 83.2 cm³/mol. The molecule has 0 saturated carbocycles. The van der Waals surface area contributed by atoms with Gasteiger partial charge < -0.3 is 9.67 Å². The molecule has 0 amide bonds. The van der Waals surface area contributed by atoms with Crippen LogP contribution in [0.25, 0.3) is 10.9 Å². The Bertz CT molecular complexity index is 687.